The van der Waals surface area contributed by atoms with Crippen molar-refractivity contribution in [1.82, 2.24) is 0 Å². The quantitative estimate of drug-likeness (QED) is 0.123. The van der Waals surface area contributed by atoms with Crippen LogP contribution in [0.25, 0.3) is 0 Å². The molecule has 12 atom stereocenters. The molecular weight excluding hydrogens is 812 g/mol. The highest BCUT2D eigenvalue weighted by molar-refractivity contribution is 5.83. The Hall–Kier alpha value is -3.71. The maximum absolute atomic E-state index is 13.4. The lowest BCUT2D eigenvalue weighted by atomic mass is 9.70. The average molecular weight is 881 g/mol. The molecule has 4 rings (SSSR count). The van der Waals surface area contributed by atoms with E-state index < -0.39 is 120 Å². The molecule has 6 bridgehead atoms. The zero-order valence-corrected chi connectivity index (χ0v) is 37.8. The second-order valence-corrected chi connectivity index (χ2v) is 18.7. The Morgan fingerprint density at radius 2 is 1.56 bits per heavy atom. The van der Waals surface area contributed by atoms with E-state index in [0.717, 1.165) is 6.08 Å². The predicted molar refractivity (Wildman–Crippen MR) is 219 cm³/mol. The van der Waals surface area contributed by atoms with E-state index in [-0.39, 0.29) is 56.9 Å². The fourth-order valence-electron chi connectivity index (χ4n) is 8.29. The summed E-state index contributed by atoms with van der Waals surface area (Å²) in [5.41, 5.74) is -1.39. The Bertz CT molecular complexity index is 1710. The van der Waals surface area contributed by atoms with E-state index in [4.69, 9.17) is 37.9 Å². The molecule has 4 N–H and O–H groups in total. The average Bonchev–Trinajstić information content (AvgIpc) is 3.16. The highest BCUT2D eigenvalue weighted by Crippen LogP contribution is 2.50. The molecule has 4 heterocycles. The van der Waals surface area contributed by atoms with Crippen molar-refractivity contribution < 1.29 is 82.3 Å². The molecule has 0 saturated carbocycles. The van der Waals surface area contributed by atoms with Gasteiger partial charge in [0.2, 0.25) is 5.79 Å². The van der Waals surface area contributed by atoms with Gasteiger partial charge in [-0.2, -0.15) is 0 Å². The number of carbonyl (C=O) groups is 5. The maximum Gasteiger partial charge on any atom is 0.330 e. The van der Waals surface area contributed by atoms with E-state index in [1.807, 2.05) is 0 Å². The molecule has 0 radical (unpaired) electrons. The molecule has 62 heavy (non-hydrogen) atoms. The molecule has 4 aliphatic rings. The Balaban J connectivity index is 1.86. The number of carbonyl (C=O) groups excluding carboxylic acids is 5. The van der Waals surface area contributed by atoms with Gasteiger partial charge in [-0.05, 0) is 59.0 Å². The number of fused-ring (bicyclic) bond motifs is 6. The first-order chi connectivity index (χ1) is 28.8. The second kappa shape index (κ2) is 20.9. The Kier molecular flexibility index (Phi) is 17.1. The van der Waals surface area contributed by atoms with E-state index >= 15 is 0 Å². The summed E-state index contributed by atoms with van der Waals surface area (Å²) in [6, 6.07) is 0. The minimum absolute atomic E-state index is 0.00235. The molecule has 0 spiro atoms. The number of aliphatic hydroxyl groups excluding tert-OH is 2. The van der Waals surface area contributed by atoms with Crippen LogP contribution < -0.4 is 0 Å². The number of ether oxygens (including phenoxy) is 8. The molecule has 0 aromatic carbocycles. The van der Waals surface area contributed by atoms with E-state index in [2.05, 4.69) is 0 Å². The zero-order chi connectivity index (χ0) is 46.4. The number of esters is 5. The van der Waals surface area contributed by atoms with Crippen LogP contribution in [0.2, 0.25) is 0 Å². The van der Waals surface area contributed by atoms with Crippen LogP contribution in [0.5, 0.6) is 0 Å². The van der Waals surface area contributed by atoms with E-state index in [9.17, 15) is 44.4 Å². The van der Waals surface area contributed by atoms with Gasteiger partial charge < -0.3 is 58.3 Å². The van der Waals surface area contributed by atoms with Crippen molar-refractivity contribution in [3.8, 4) is 0 Å². The van der Waals surface area contributed by atoms with E-state index in [1.165, 1.54) is 27.2 Å². The molecule has 3 saturated heterocycles. The van der Waals surface area contributed by atoms with Crippen LogP contribution in [-0.2, 0) is 61.9 Å². The molecule has 350 valence electrons. The number of hydrogen-bond donors (Lipinski definition) is 4. The molecule has 17 nitrogen and oxygen atoms in total. The van der Waals surface area contributed by atoms with Crippen LogP contribution in [0, 0.1) is 16.7 Å². The van der Waals surface area contributed by atoms with E-state index in [0.29, 0.717) is 12.0 Å². The van der Waals surface area contributed by atoms with Gasteiger partial charge >= 0.3 is 29.8 Å². The van der Waals surface area contributed by atoms with Crippen molar-refractivity contribution in [2.24, 2.45) is 16.7 Å². The molecule has 1 unspecified atom stereocenters. The molecule has 0 aliphatic carbocycles. The standard InChI is InChI=1S/C45H68O17/c1-11-12-36(48)60-40-28(19-38(50)56-10)18-31-22-34(26(3)46)58-39(51)21-29(47)20-32-23-35(59-41(52)42(4,5)6)43(7,8)44(53,61-32)24-33-16-27(17-37(49)55-9)15-30(57-33)14-13-25(2)45(40,54)62-31/h13-14,17,19,25-26,29-35,40,46-47,53-54H,11-12,15-16,18,20-24H2,1-10H3/b14-13-,27-17+,28-19+/t25?,26-,29-,30+,31+,32-,33+,34-,35+,40+,44+,45+/m1/s1. The minimum atomic E-state index is -2.35. The van der Waals surface area contributed by atoms with Gasteiger partial charge in [0.25, 0.3) is 0 Å². The van der Waals surface area contributed by atoms with Crippen LogP contribution in [0.4, 0.5) is 0 Å². The van der Waals surface area contributed by atoms with Gasteiger partial charge in [0, 0.05) is 50.2 Å². The summed E-state index contributed by atoms with van der Waals surface area (Å²) in [4.78, 5) is 65.0. The van der Waals surface area contributed by atoms with Gasteiger partial charge in [0.1, 0.15) is 12.2 Å². The molecule has 17 heteroatoms. The topological polar surface area (TPSA) is 240 Å². The fourth-order valence-corrected chi connectivity index (χ4v) is 8.29. The first-order valence-electron chi connectivity index (χ1n) is 21.5. The minimum Gasteiger partial charge on any atom is -0.466 e. The van der Waals surface area contributed by atoms with Gasteiger partial charge in [-0.3, -0.25) is 14.4 Å². The van der Waals surface area contributed by atoms with Crippen molar-refractivity contribution in [2.75, 3.05) is 14.2 Å². The molecule has 4 aliphatic heterocycles. The largest absolute Gasteiger partial charge is 0.466 e. The fraction of sp³-hybridized carbons (Fsp3) is 0.756. The highest BCUT2D eigenvalue weighted by Gasteiger charge is 2.58. The summed E-state index contributed by atoms with van der Waals surface area (Å²) in [6.45, 7) is 13.3. The normalized spacial score (nSPS) is 36.9. The first kappa shape index (κ1) is 50.9. The van der Waals surface area contributed by atoms with Gasteiger partial charge in [-0.25, -0.2) is 9.59 Å². The smallest absolute Gasteiger partial charge is 0.330 e. The van der Waals surface area contributed by atoms with Crippen LogP contribution in [0.3, 0.4) is 0 Å². The predicted octanol–water partition coefficient (Wildman–Crippen LogP) is 3.80. The lowest BCUT2D eigenvalue weighted by Gasteiger charge is -2.54. The lowest BCUT2D eigenvalue weighted by Crippen LogP contribution is -2.62. The SMILES string of the molecule is CCCC(=O)O[C@H]1/C(=C/C(=O)OC)C[C@H]2C[C@H]([C@@H](C)O)OC(=O)C[C@H](O)C[C@@H]3C[C@H](OC(=O)C(C)(C)C)C(C)(C)[C@](O)(C[C@@H]4C/C(=C/C(=O)OC)C[C@H](/C=C\C(C)[C@]1(O)O2)O4)O3. The monoisotopic (exact) mass is 880 g/mol. The summed E-state index contributed by atoms with van der Waals surface area (Å²) < 4.78 is 46.8. The number of aliphatic hydroxyl groups is 4. The summed E-state index contributed by atoms with van der Waals surface area (Å²) in [5.74, 6) is -8.90. The third-order valence-electron chi connectivity index (χ3n) is 12.1. The number of cyclic esters (lactones) is 1. The Labute approximate surface area is 364 Å². The van der Waals surface area contributed by atoms with Crippen molar-refractivity contribution in [3.63, 3.8) is 0 Å². The van der Waals surface area contributed by atoms with Crippen molar-refractivity contribution in [2.45, 2.75) is 186 Å². The number of hydrogen-bond acceptors (Lipinski definition) is 17. The van der Waals surface area contributed by atoms with Gasteiger partial charge in [0.15, 0.2) is 11.9 Å². The molecule has 3 fully saturated rings. The molecule has 0 amide bonds. The summed E-state index contributed by atoms with van der Waals surface area (Å²) in [6.07, 6.45) is -4.53. The van der Waals surface area contributed by atoms with Crippen LogP contribution >= 0.6 is 0 Å². The van der Waals surface area contributed by atoms with Gasteiger partial charge in [-0.15, -0.1) is 0 Å². The maximum atomic E-state index is 13.4. The third-order valence-corrected chi connectivity index (χ3v) is 12.1. The van der Waals surface area contributed by atoms with Gasteiger partial charge in [0.05, 0.1) is 68.1 Å². The molecular formula is C45H68O17. The Morgan fingerprint density at radius 1 is 0.903 bits per heavy atom. The molecule has 0 aromatic heterocycles. The Morgan fingerprint density at radius 3 is 2.18 bits per heavy atom. The van der Waals surface area contributed by atoms with Crippen LogP contribution in [0.15, 0.2) is 35.5 Å². The molecule has 0 aromatic rings. The van der Waals surface area contributed by atoms with Crippen LogP contribution in [-0.4, -0.2) is 131 Å². The van der Waals surface area contributed by atoms with Crippen molar-refractivity contribution >= 4 is 29.8 Å². The third kappa shape index (κ3) is 12.7. The van der Waals surface area contributed by atoms with Crippen LogP contribution in [0.1, 0.15) is 120 Å². The first-order valence-corrected chi connectivity index (χ1v) is 21.5. The zero-order valence-electron chi connectivity index (χ0n) is 37.8. The second-order valence-electron chi connectivity index (χ2n) is 18.7. The highest BCUT2D eigenvalue weighted by atomic mass is 16.7. The lowest BCUT2D eigenvalue weighted by molar-refractivity contribution is -0.349. The van der Waals surface area contributed by atoms with Gasteiger partial charge in [-0.1, -0.05) is 45.4 Å². The van der Waals surface area contributed by atoms with Crippen molar-refractivity contribution in [3.05, 3.63) is 35.5 Å². The number of rotatable bonds is 7. The number of methoxy groups -OCH3 is 2. The summed E-state index contributed by atoms with van der Waals surface area (Å²) in [5, 5.41) is 47.3. The summed E-state index contributed by atoms with van der Waals surface area (Å²) >= 11 is 0. The summed E-state index contributed by atoms with van der Waals surface area (Å²) in [7, 11) is 2.42. The van der Waals surface area contributed by atoms with E-state index in [1.54, 1.807) is 60.6 Å². The van der Waals surface area contributed by atoms with Crippen molar-refractivity contribution in [1.29, 1.82) is 0 Å².